The number of amides is 4. The Kier molecular flexibility index (Phi) is 23.7. The van der Waals surface area contributed by atoms with Gasteiger partial charge in [-0.15, -0.1) is 0 Å². The Morgan fingerprint density at radius 1 is 0.525 bits per heavy atom. The number of hydrogen-bond acceptors (Lipinski definition) is 12. The molecule has 1 heterocycles. The van der Waals surface area contributed by atoms with Crippen LogP contribution in [0.1, 0.15) is 53.6 Å². The highest BCUT2D eigenvalue weighted by Gasteiger charge is 2.19. The lowest BCUT2D eigenvalue weighted by molar-refractivity contribution is -0.137. The fourth-order valence-corrected chi connectivity index (χ4v) is 8.00. The quantitative estimate of drug-likeness (QED) is 0.0483. The first-order valence-electron chi connectivity index (χ1n) is 25.5. The van der Waals surface area contributed by atoms with Crippen LogP contribution < -0.4 is 33.7 Å². The second kappa shape index (κ2) is 30.7. The molecule has 0 aliphatic carbocycles. The van der Waals surface area contributed by atoms with Gasteiger partial charge < -0.3 is 58.3 Å². The molecule has 422 valence electrons. The molecule has 0 saturated carbocycles. The van der Waals surface area contributed by atoms with Gasteiger partial charge in [-0.25, -0.2) is 0 Å². The topological polar surface area (TPSA) is 192 Å². The Hall–Kier alpha value is -9.09. The lowest BCUT2D eigenvalue weighted by atomic mass is 10.0. The van der Waals surface area contributed by atoms with Crippen molar-refractivity contribution in [2.45, 2.75) is 33.1 Å². The molecule has 2 N–H and O–H groups in total. The fourth-order valence-electron chi connectivity index (χ4n) is 8.00. The highest BCUT2D eigenvalue weighted by atomic mass is 16.5. The summed E-state index contributed by atoms with van der Waals surface area (Å²) in [5, 5.41) is 11.5. The van der Waals surface area contributed by atoms with Crippen LogP contribution in [0.3, 0.4) is 0 Å². The molecule has 6 aromatic rings. The highest BCUT2D eigenvalue weighted by molar-refractivity contribution is 6.24. The van der Waals surface area contributed by atoms with E-state index < -0.39 is 5.97 Å². The average molecular weight is 1090 g/mol. The summed E-state index contributed by atoms with van der Waals surface area (Å²) >= 11 is 0. The Balaban J connectivity index is 0.000000298. The van der Waals surface area contributed by atoms with Crippen molar-refractivity contribution in [3.63, 3.8) is 0 Å². The summed E-state index contributed by atoms with van der Waals surface area (Å²) in [6.45, 7) is 2.18. The monoisotopic (exact) mass is 1090 g/mol. The minimum Gasteiger partial charge on any atom is -0.497 e. The summed E-state index contributed by atoms with van der Waals surface area (Å²) in [6.07, 6.45) is 5.00. The largest absolute Gasteiger partial charge is 0.497 e. The molecule has 0 spiro atoms. The van der Waals surface area contributed by atoms with Crippen LogP contribution in [0.15, 0.2) is 133 Å². The molecule has 4 amide bonds. The maximum atomic E-state index is 13.1. The molecule has 80 heavy (non-hydrogen) atoms. The number of carboxylic acids is 1. The van der Waals surface area contributed by atoms with Crippen LogP contribution in [0.25, 0.3) is 23.3 Å². The van der Waals surface area contributed by atoms with Gasteiger partial charge in [0.2, 0.25) is 11.8 Å². The Morgan fingerprint density at radius 2 is 0.875 bits per heavy atom. The molecule has 1 aliphatic heterocycles. The number of nitrogens with zero attached hydrogens (tertiary/aromatic N) is 3. The maximum Gasteiger partial charge on any atom is 0.303 e. The van der Waals surface area contributed by atoms with Crippen LogP contribution in [-0.2, 0) is 41.6 Å². The molecule has 1 fully saturated rings. The summed E-state index contributed by atoms with van der Waals surface area (Å²) in [4.78, 5) is 66.1. The molecule has 6 aromatic carbocycles. The van der Waals surface area contributed by atoms with E-state index in [9.17, 15) is 24.0 Å². The van der Waals surface area contributed by atoms with Crippen LogP contribution in [0.4, 0.5) is 0 Å². The molecule has 0 atom stereocenters. The fraction of sp³-hybridized carbons (Fsp3) is 0.286. The predicted molar refractivity (Wildman–Crippen MR) is 310 cm³/mol. The number of ether oxygens (including phenoxy) is 7. The van der Waals surface area contributed by atoms with Crippen molar-refractivity contribution in [2.24, 2.45) is 0 Å². The number of carbonyl (C=O) groups is 5. The van der Waals surface area contributed by atoms with Gasteiger partial charge in [-0.3, -0.25) is 24.0 Å². The van der Waals surface area contributed by atoms with Crippen LogP contribution in [0.5, 0.6) is 46.0 Å². The standard InChI is InChI=1S/C34H39N3O7.C28H29NO6.CH4/c1-36(2)34(40)31(21-25-19-29(41-3)22-30(20-25)42-4)26-8-12-28(13-9-26)44-27-10-5-24(6-11-27)7-14-32(38)35-23-33(39)37-15-17-43-18-16-37;1-29(2)28(32)26(17-20-15-24(33-3)18-25(16-20)34-4)21-8-12-23(13-9-21)35-22-10-5-19(6-11-22)7-14-27(30)31;/h5-6,8-13,19-22H,7,14-18,23H2,1-4H3,(H,35,38);5-6,8-13,15-18H,7,14H2,1-4H3,(H,30,31);1H4/b31-21+;26-17+;. The van der Waals surface area contributed by atoms with Crippen LogP contribution in [-0.4, -0.2) is 139 Å². The third-order valence-corrected chi connectivity index (χ3v) is 12.4. The Morgan fingerprint density at radius 3 is 1.21 bits per heavy atom. The number of likely N-dealkylation sites (N-methyl/N-ethyl adjacent to an activating group) is 2. The molecule has 1 saturated heterocycles. The van der Waals surface area contributed by atoms with Gasteiger partial charge in [-0.05, 0) is 131 Å². The lowest BCUT2D eigenvalue weighted by Gasteiger charge is -2.26. The van der Waals surface area contributed by atoms with Crippen LogP contribution in [0.2, 0.25) is 0 Å². The molecule has 17 nitrogen and oxygen atoms in total. The Bertz CT molecular complexity index is 3030. The van der Waals surface area contributed by atoms with Crippen LogP contribution in [0, 0.1) is 0 Å². The number of rotatable bonds is 22. The van der Waals surface area contributed by atoms with E-state index in [0.29, 0.717) is 96.3 Å². The zero-order chi connectivity index (χ0) is 56.8. The molecular formula is C63H72N4O13. The molecule has 7 rings (SSSR count). The summed E-state index contributed by atoms with van der Waals surface area (Å²) in [7, 11) is 13.2. The predicted octanol–water partition coefficient (Wildman–Crippen LogP) is 9.81. The van der Waals surface area contributed by atoms with Crippen molar-refractivity contribution < 1.29 is 62.2 Å². The molecule has 0 radical (unpaired) electrons. The molecule has 0 unspecified atom stereocenters. The number of benzene rings is 6. The summed E-state index contributed by atoms with van der Waals surface area (Å²) in [6, 6.07) is 40.3. The normalized spacial score (nSPS) is 12.1. The average Bonchev–Trinajstić information content (AvgIpc) is 3.48. The third-order valence-electron chi connectivity index (χ3n) is 12.4. The number of carboxylic acid groups (broad SMARTS) is 1. The molecular weight excluding hydrogens is 1020 g/mol. The minimum absolute atomic E-state index is 0. The SMILES string of the molecule is C.COc1cc(/C=C(/C(=O)N(C)C)c2ccc(Oc3ccc(CCC(=O)NCC(=O)N4CCOCC4)cc3)cc2)cc(OC)c1.COc1cc(/C=C(/C(=O)N(C)C)c2ccc(Oc3ccc(CCC(=O)O)cc3)cc2)cc(OC)c1. The van der Waals surface area contributed by atoms with E-state index in [-0.39, 0.29) is 50.4 Å². The van der Waals surface area contributed by atoms with Gasteiger partial charge in [0.15, 0.2) is 0 Å². The van der Waals surface area contributed by atoms with E-state index in [1.54, 1.807) is 91.9 Å². The maximum absolute atomic E-state index is 13.1. The first kappa shape index (κ1) is 61.8. The van der Waals surface area contributed by atoms with Crippen LogP contribution >= 0.6 is 0 Å². The van der Waals surface area contributed by atoms with Gasteiger partial charge in [0.05, 0.1) is 48.2 Å². The van der Waals surface area contributed by atoms with E-state index in [2.05, 4.69) is 5.32 Å². The number of aryl methyl sites for hydroxylation is 2. The van der Waals surface area contributed by atoms with Crippen molar-refractivity contribution in [1.29, 1.82) is 0 Å². The van der Waals surface area contributed by atoms with Gasteiger partial charge in [0, 0.05) is 77.4 Å². The summed E-state index contributed by atoms with van der Waals surface area (Å²) in [5.41, 5.74) is 5.95. The molecule has 0 aromatic heterocycles. The van der Waals surface area contributed by atoms with Gasteiger partial charge in [0.1, 0.15) is 46.0 Å². The van der Waals surface area contributed by atoms with Crippen molar-refractivity contribution in [1.82, 2.24) is 20.0 Å². The zero-order valence-electron chi connectivity index (χ0n) is 45.9. The number of carbonyl (C=O) groups excluding carboxylic acids is 4. The summed E-state index contributed by atoms with van der Waals surface area (Å²) in [5.74, 6) is 3.66. The van der Waals surface area contributed by atoms with Crippen molar-refractivity contribution >= 4 is 52.9 Å². The van der Waals surface area contributed by atoms with E-state index in [0.717, 1.165) is 33.4 Å². The second-order valence-electron chi connectivity index (χ2n) is 18.5. The number of morpholine rings is 1. The van der Waals surface area contributed by atoms with Gasteiger partial charge in [0.25, 0.3) is 11.8 Å². The molecule has 0 bridgehead atoms. The number of methoxy groups -OCH3 is 4. The second-order valence-corrected chi connectivity index (χ2v) is 18.5. The lowest BCUT2D eigenvalue weighted by Crippen LogP contribution is -2.45. The van der Waals surface area contributed by atoms with E-state index in [1.807, 2.05) is 115 Å². The summed E-state index contributed by atoms with van der Waals surface area (Å²) < 4.78 is 38.6. The van der Waals surface area contributed by atoms with Gasteiger partial charge in [-0.1, -0.05) is 56.0 Å². The van der Waals surface area contributed by atoms with Gasteiger partial charge >= 0.3 is 5.97 Å². The molecule has 17 heteroatoms. The third kappa shape index (κ3) is 18.8. The Labute approximate surface area is 468 Å². The van der Waals surface area contributed by atoms with Gasteiger partial charge in [-0.2, -0.15) is 0 Å². The first-order chi connectivity index (χ1) is 38.0. The van der Waals surface area contributed by atoms with Crippen molar-refractivity contribution in [2.75, 3.05) is 89.5 Å². The number of aliphatic carboxylic acids is 1. The van der Waals surface area contributed by atoms with E-state index in [4.69, 9.17) is 38.3 Å². The number of nitrogens with one attached hydrogen (secondary N) is 1. The molecule has 1 aliphatic rings. The smallest absolute Gasteiger partial charge is 0.303 e. The van der Waals surface area contributed by atoms with E-state index in [1.165, 1.54) is 9.80 Å². The number of hydrogen-bond donors (Lipinski definition) is 2. The first-order valence-corrected chi connectivity index (χ1v) is 25.5. The zero-order valence-corrected chi connectivity index (χ0v) is 45.9. The minimum atomic E-state index is -0.822. The van der Waals surface area contributed by atoms with Crippen molar-refractivity contribution in [3.8, 4) is 46.0 Å². The highest BCUT2D eigenvalue weighted by Crippen LogP contribution is 2.32. The van der Waals surface area contributed by atoms with E-state index >= 15 is 0 Å². The van der Waals surface area contributed by atoms with Crippen molar-refractivity contribution in [3.05, 3.63) is 167 Å².